The minimum Gasteiger partial charge on any atom is -0.481 e. The van der Waals surface area contributed by atoms with Gasteiger partial charge in [-0.1, -0.05) is 18.2 Å². The molecule has 2 rings (SSSR count). The Balaban J connectivity index is 2.30. The molecule has 0 fully saturated rings. The highest BCUT2D eigenvalue weighted by atomic mass is 19.4. The van der Waals surface area contributed by atoms with Gasteiger partial charge in [-0.3, -0.25) is 0 Å². The van der Waals surface area contributed by atoms with Crippen molar-refractivity contribution >= 4 is 18.1 Å². The molecule has 1 aromatic heterocycles. The summed E-state index contributed by atoms with van der Waals surface area (Å²) in [7, 11) is 0. The fraction of sp³-hybridized carbons (Fsp3) is 0.133. The molecule has 1 heterocycles. The number of alkyl halides is 3. The zero-order valence-electron chi connectivity index (χ0n) is 12.0. The standard InChI is InChI=1S/C15H11F3N2O4/c16-15(17,18)12-7-10(19-14(23)20-12)6-5-9-3-1-2-4-11(9)24-8-13(21)22/h1-7H,8H2,(H,21,22)(H,19,20,23). The van der Waals surface area contributed by atoms with Crippen LogP contribution in [0.5, 0.6) is 5.75 Å². The van der Waals surface area contributed by atoms with Crippen LogP contribution in [0.2, 0.25) is 0 Å². The summed E-state index contributed by atoms with van der Waals surface area (Å²) < 4.78 is 43.0. The van der Waals surface area contributed by atoms with E-state index in [0.717, 1.165) is 0 Å². The van der Waals surface area contributed by atoms with E-state index in [9.17, 15) is 22.8 Å². The topological polar surface area (TPSA) is 92.3 Å². The second kappa shape index (κ2) is 6.99. The van der Waals surface area contributed by atoms with Crippen LogP contribution in [-0.2, 0) is 11.0 Å². The highest BCUT2D eigenvalue weighted by Gasteiger charge is 2.32. The van der Waals surface area contributed by atoms with Gasteiger partial charge in [0, 0.05) is 5.56 Å². The molecule has 6 nitrogen and oxygen atoms in total. The van der Waals surface area contributed by atoms with Gasteiger partial charge in [0.15, 0.2) is 6.61 Å². The van der Waals surface area contributed by atoms with Crippen LogP contribution in [-0.4, -0.2) is 27.7 Å². The summed E-state index contributed by atoms with van der Waals surface area (Å²) in [6.07, 6.45) is -2.13. The van der Waals surface area contributed by atoms with E-state index in [1.54, 1.807) is 23.2 Å². The van der Waals surface area contributed by atoms with Crippen LogP contribution >= 0.6 is 0 Å². The van der Waals surface area contributed by atoms with Crippen LogP contribution in [0.3, 0.4) is 0 Å². The summed E-state index contributed by atoms with van der Waals surface area (Å²) in [5.74, 6) is -0.933. The Kier molecular flexibility index (Phi) is 5.02. The van der Waals surface area contributed by atoms with E-state index in [-0.39, 0.29) is 11.4 Å². The lowest BCUT2D eigenvalue weighted by atomic mass is 10.1. The van der Waals surface area contributed by atoms with E-state index in [2.05, 4.69) is 4.98 Å². The smallest absolute Gasteiger partial charge is 0.431 e. The van der Waals surface area contributed by atoms with Gasteiger partial charge < -0.3 is 14.8 Å². The zero-order valence-corrected chi connectivity index (χ0v) is 12.0. The molecule has 2 N–H and O–H groups in total. The number of aromatic amines is 1. The predicted octanol–water partition coefficient (Wildman–Crippen LogP) is 2.42. The first-order valence-electron chi connectivity index (χ1n) is 6.56. The van der Waals surface area contributed by atoms with Gasteiger partial charge in [0.25, 0.3) is 0 Å². The molecule has 0 saturated carbocycles. The molecular formula is C15H11F3N2O4. The number of ether oxygens (including phenoxy) is 1. The Morgan fingerprint density at radius 1 is 1.29 bits per heavy atom. The third kappa shape index (κ3) is 4.70. The van der Waals surface area contributed by atoms with Gasteiger partial charge in [0.2, 0.25) is 0 Å². The van der Waals surface area contributed by atoms with E-state index >= 15 is 0 Å². The molecular weight excluding hydrogens is 329 g/mol. The number of nitrogens with one attached hydrogen (secondary N) is 1. The predicted molar refractivity (Wildman–Crippen MR) is 78.4 cm³/mol. The Morgan fingerprint density at radius 2 is 2.00 bits per heavy atom. The number of H-pyrrole nitrogens is 1. The van der Waals surface area contributed by atoms with Crippen LogP contribution in [0, 0.1) is 0 Å². The number of carbonyl (C=O) groups is 1. The number of carboxylic acids is 1. The molecule has 0 aliphatic carbocycles. The summed E-state index contributed by atoms with van der Waals surface area (Å²) in [6.45, 7) is -0.563. The maximum Gasteiger partial charge on any atom is 0.431 e. The number of aromatic nitrogens is 2. The van der Waals surface area contributed by atoms with Crippen molar-refractivity contribution in [3.05, 3.63) is 57.8 Å². The summed E-state index contributed by atoms with van der Waals surface area (Å²) in [5.41, 5.74) is -2.11. The maximum atomic E-state index is 12.7. The summed E-state index contributed by atoms with van der Waals surface area (Å²) in [6, 6.07) is 7.03. The van der Waals surface area contributed by atoms with Crippen LogP contribution in [0.1, 0.15) is 17.0 Å². The molecule has 0 bridgehead atoms. The van der Waals surface area contributed by atoms with Crippen molar-refractivity contribution in [2.75, 3.05) is 6.61 Å². The first-order chi connectivity index (χ1) is 11.3. The van der Waals surface area contributed by atoms with Crippen molar-refractivity contribution in [1.82, 2.24) is 9.97 Å². The molecule has 2 aromatic rings. The molecule has 0 saturated heterocycles. The van der Waals surface area contributed by atoms with Crippen LogP contribution < -0.4 is 10.4 Å². The lowest BCUT2D eigenvalue weighted by molar-refractivity contribution is -0.141. The molecule has 0 amide bonds. The van der Waals surface area contributed by atoms with Gasteiger partial charge in [-0.15, -0.1) is 0 Å². The van der Waals surface area contributed by atoms with E-state index in [1.165, 1.54) is 18.2 Å². The maximum absolute atomic E-state index is 12.7. The van der Waals surface area contributed by atoms with Crippen LogP contribution in [0.4, 0.5) is 13.2 Å². The van der Waals surface area contributed by atoms with Crippen molar-refractivity contribution in [3.8, 4) is 5.75 Å². The van der Waals surface area contributed by atoms with Crippen LogP contribution in [0.15, 0.2) is 35.1 Å². The Bertz CT molecular complexity index is 828. The summed E-state index contributed by atoms with van der Waals surface area (Å²) in [4.78, 5) is 26.8. The summed E-state index contributed by atoms with van der Waals surface area (Å²) in [5, 5.41) is 8.61. The van der Waals surface area contributed by atoms with Gasteiger partial charge in [-0.2, -0.15) is 18.2 Å². The van der Waals surface area contributed by atoms with E-state index < -0.39 is 30.1 Å². The second-order valence-corrected chi connectivity index (χ2v) is 4.58. The number of para-hydroxylation sites is 1. The fourth-order valence-corrected chi connectivity index (χ4v) is 1.78. The van der Waals surface area contributed by atoms with Crippen molar-refractivity contribution in [2.45, 2.75) is 6.18 Å². The Morgan fingerprint density at radius 3 is 2.67 bits per heavy atom. The molecule has 1 aromatic carbocycles. The number of aliphatic carboxylic acids is 1. The number of hydrogen-bond donors (Lipinski definition) is 2. The van der Waals surface area contributed by atoms with Gasteiger partial charge in [-0.25, -0.2) is 9.59 Å². The lowest BCUT2D eigenvalue weighted by Gasteiger charge is -2.07. The van der Waals surface area contributed by atoms with Crippen LogP contribution in [0.25, 0.3) is 12.2 Å². The average Bonchev–Trinajstić information content (AvgIpc) is 2.50. The molecule has 0 radical (unpaired) electrons. The van der Waals surface area contributed by atoms with Gasteiger partial charge in [-0.05, 0) is 24.3 Å². The second-order valence-electron chi connectivity index (χ2n) is 4.58. The molecule has 0 unspecified atom stereocenters. The number of carboxylic acid groups (broad SMARTS) is 1. The number of hydrogen-bond acceptors (Lipinski definition) is 4. The van der Waals surface area contributed by atoms with Gasteiger partial charge in [0.1, 0.15) is 11.4 Å². The average molecular weight is 340 g/mol. The summed E-state index contributed by atoms with van der Waals surface area (Å²) >= 11 is 0. The third-order valence-corrected chi connectivity index (χ3v) is 2.77. The molecule has 0 atom stereocenters. The quantitative estimate of drug-likeness (QED) is 0.872. The highest BCUT2D eigenvalue weighted by Crippen LogP contribution is 2.27. The van der Waals surface area contributed by atoms with E-state index in [0.29, 0.717) is 11.6 Å². The molecule has 0 aliphatic heterocycles. The van der Waals surface area contributed by atoms with Crippen molar-refractivity contribution < 1.29 is 27.8 Å². The van der Waals surface area contributed by atoms with Gasteiger partial charge >= 0.3 is 17.8 Å². The number of halogens is 3. The van der Waals surface area contributed by atoms with E-state index in [4.69, 9.17) is 9.84 Å². The number of rotatable bonds is 5. The normalized spacial score (nSPS) is 11.6. The zero-order chi connectivity index (χ0) is 17.7. The van der Waals surface area contributed by atoms with Crippen molar-refractivity contribution in [1.29, 1.82) is 0 Å². The largest absolute Gasteiger partial charge is 0.481 e. The third-order valence-electron chi connectivity index (χ3n) is 2.77. The van der Waals surface area contributed by atoms with Crippen molar-refractivity contribution in [2.24, 2.45) is 0 Å². The number of nitrogens with zero attached hydrogens (tertiary/aromatic N) is 1. The Labute approximate surface area is 133 Å². The molecule has 0 spiro atoms. The molecule has 0 aliphatic rings. The molecule has 126 valence electrons. The fourth-order valence-electron chi connectivity index (χ4n) is 1.78. The minimum atomic E-state index is -4.70. The monoisotopic (exact) mass is 340 g/mol. The van der Waals surface area contributed by atoms with Crippen molar-refractivity contribution in [3.63, 3.8) is 0 Å². The molecule has 24 heavy (non-hydrogen) atoms. The van der Waals surface area contributed by atoms with E-state index in [1.807, 2.05) is 0 Å². The first kappa shape index (κ1) is 17.3. The van der Waals surface area contributed by atoms with Gasteiger partial charge in [0.05, 0.1) is 5.69 Å². The number of benzene rings is 1. The first-order valence-corrected chi connectivity index (χ1v) is 6.56. The highest BCUT2D eigenvalue weighted by molar-refractivity contribution is 5.72. The SMILES string of the molecule is O=C(O)COc1ccccc1C=Cc1cc(C(F)(F)F)[nH]c(=O)n1. The lowest BCUT2D eigenvalue weighted by Crippen LogP contribution is -2.19. The molecule has 9 heteroatoms. The minimum absolute atomic E-state index is 0.195. The Hall–Kier alpha value is -3.10.